The fraction of sp³-hybridized carbons (Fsp3) is 0.321. The Morgan fingerprint density at radius 1 is 1.14 bits per heavy atom. The van der Waals surface area contributed by atoms with Gasteiger partial charge < -0.3 is 14.4 Å². The molecule has 2 aliphatic rings. The van der Waals surface area contributed by atoms with Crippen molar-refractivity contribution in [3.63, 3.8) is 0 Å². The first-order valence-electron chi connectivity index (χ1n) is 12.2. The summed E-state index contributed by atoms with van der Waals surface area (Å²) >= 11 is 7.44. The first-order valence-corrected chi connectivity index (χ1v) is 13.4. The van der Waals surface area contributed by atoms with Crippen molar-refractivity contribution < 1.29 is 14.3 Å². The summed E-state index contributed by atoms with van der Waals surface area (Å²) in [5.41, 5.74) is 3.49. The lowest BCUT2D eigenvalue weighted by Crippen LogP contribution is -2.40. The molecule has 192 valence electrons. The van der Waals surface area contributed by atoms with E-state index in [0.29, 0.717) is 25.6 Å². The number of carbonyl (C=O) groups excluding carboxylic acids is 1. The number of halogens is 1. The molecule has 0 N–H and O–H groups in total. The van der Waals surface area contributed by atoms with Crippen LogP contribution in [0.4, 0.5) is 5.69 Å². The normalized spacial score (nSPS) is 18.1. The Bertz CT molecular complexity index is 1520. The number of hydrogen-bond donors (Lipinski definition) is 0. The summed E-state index contributed by atoms with van der Waals surface area (Å²) in [6.45, 7) is 8.55. The lowest BCUT2D eigenvalue weighted by Gasteiger charge is -2.28. The molecule has 0 radical (unpaired) electrons. The Hall–Kier alpha value is -3.20. The molecule has 9 heteroatoms. The number of nitrogens with zero attached hydrogens (tertiary/aromatic N) is 3. The van der Waals surface area contributed by atoms with Crippen LogP contribution in [0.25, 0.3) is 6.08 Å². The lowest BCUT2D eigenvalue weighted by molar-refractivity contribution is -0.143. The second kappa shape index (κ2) is 10.7. The fourth-order valence-electron chi connectivity index (χ4n) is 4.57. The Kier molecular flexibility index (Phi) is 7.33. The van der Waals surface area contributed by atoms with Gasteiger partial charge >= 0.3 is 5.97 Å². The number of anilines is 1. The minimum absolute atomic E-state index is 0.205. The molecule has 5 rings (SSSR count). The molecule has 2 aromatic carbocycles. The molecule has 7 nitrogen and oxygen atoms in total. The van der Waals surface area contributed by atoms with E-state index in [1.54, 1.807) is 37.5 Å². The molecule has 37 heavy (non-hydrogen) atoms. The van der Waals surface area contributed by atoms with Crippen molar-refractivity contribution in [3.05, 3.63) is 95.6 Å². The lowest BCUT2D eigenvalue weighted by atomic mass is 9.96. The van der Waals surface area contributed by atoms with Crippen LogP contribution in [0.3, 0.4) is 0 Å². The zero-order chi connectivity index (χ0) is 26.1. The van der Waals surface area contributed by atoms with Crippen LogP contribution in [-0.2, 0) is 14.3 Å². The van der Waals surface area contributed by atoms with Crippen LogP contribution in [0.5, 0.6) is 0 Å². The third-order valence-corrected chi connectivity index (χ3v) is 7.57. The Morgan fingerprint density at radius 2 is 1.81 bits per heavy atom. The van der Waals surface area contributed by atoms with E-state index < -0.39 is 12.0 Å². The summed E-state index contributed by atoms with van der Waals surface area (Å²) in [6, 6.07) is 14.7. The van der Waals surface area contributed by atoms with Crippen molar-refractivity contribution in [3.8, 4) is 0 Å². The Morgan fingerprint density at radius 3 is 2.46 bits per heavy atom. The second-order valence-corrected chi connectivity index (χ2v) is 10.7. The number of fused-ring (bicyclic) bond motifs is 1. The van der Waals surface area contributed by atoms with Crippen LogP contribution in [0, 0.1) is 0 Å². The van der Waals surface area contributed by atoms with E-state index >= 15 is 0 Å². The monoisotopic (exact) mass is 537 g/mol. The minimum atomic E-state index is -0.661. The molecule has 0 aliphatic carbocycles. The van der Waals surface area contributed by atoms with E-state index in [-0.39, 0.29) is 11.7 Å². The summed E-state index contributed by atoms with van der Waals surface area (Å²) < 4.78 is 13.1. The molecule has 0 unspecified atom stereocenters. The molecule has 0 amide bonds. The fourth-order valence-corrected chi connectivity index (χ4v) is 5.75. The van der Waals surface area contributed by atoms with Gasteiger partial charge in [0.25, 0.3) is 5.56 Å². The van der Waals surface area contributed by atoms with Gasteiger partial charge in [0, 0.05) is 23.8 Å². The van der Waals surface area contributed by atoms with Gasteiger partial charge in [-0.15, -0.1) is 0 Å². The predicted octanol–water partition coefficient (Wildman–Crippen LogP) is 3.68. The van der Waals surface area contributed by atoms with Crippen LogP contribution in [0.15, 0.2) is 69.6 Å². The van der Waals surface area contributed by atoms with E-state index in [4.69, 9.17) is 21.1 Å². The molecule has 1 fully saturated rings. The summed E-state index contributed by atoms with van der Waals surface area (Å²) in [4.78, 5) is 34.4. The van der Waals surface area contributed by atoms with E-state index in [9.17, 15) is 9.59 Å². The Labute approximate surface area is 223 Å². The van der Waals surface area contributed by atoms with Gasteiger partial charge in [-0.05, 0) is 62.2 Å². The molecule has 1 aromatic heterocycles. The maximum Gasteiger partial charge on any atom is 0.338 e. The second-order valence-electron chi connectivity index (χ2n) is 9.28. The standard InChI is InChI=1S/C28H28ClN3O4S/c1-17(2)36-27(34)24-18(3)30-28-32(25(24)20-6-8-21(29)9-7-20)26(33)23(37-28)16-19-4-10-22(11-5-19)31-12-14-35-15-13-31/h4-11,16-17,25H,12-15H2,1-3H3/b23-16+/t25-/m0/s1. The van der Waals surface area contributed by atoms with Gasteiger partial charge in [-0.1, -0.05) is 47.2 Å². The van der Waals surface area contributed by atoms with Crippen molar-refractivity contribution in [1.29, 1.82) is 0 Å². The van der Waals surface area contributed by atoms with Crippen molar-refractivity contribution in [2.45, 2.75) is 32.9 Å². The minimum Gasteiger partial charge on any atom is -0.459 e. The molecule has 1 atom stereocenters. The summed E-state index contributed by atoms with van der Waals surface area (Å²) in [5, 5.41) is 0.573. The van der Waals surface area contributed by atoms with E-state index in [1.807, 2.05) is 30.3 Å². The maximum absolute atomic E-state index is 13.7. The van der Waals surface area contributed by atoms with Gasteiger partial charge in [0.1, 0.15) is 0 Å². The summed E-state index contributed by atoms with van der Waals surface area (Å²) in [6.07, 6.45) is 1.57. The van der Waals surface area contributed by atoms with E-state index in [1.165, 1.54) is 11.3 Å². The van der Waals surface area contributed by atoms with Crippen LogP contribution in [0.1, 0.15) is 37.9 Å². The topological polar surface area (TPSA) is 73.1 Å². The first-order chi connectivity index (χ1) is 17.8. The van der Waals surface area contributed by atoms with Crippen molar-refractivity contribution in [2.75, 3.05) is 31.2 Å². The summed E-state index contributed by atoms with van der Waals surface area (Å²) in [7, 11) is 0. The number of thiazole rings is 1. The average Bonchev–Trinajstić information content (AvgIpc) is 3.18. The van der Waals surface area contributed by atoms with Gasteiger partial charge in [0.05, 0.1) is 41.2 Å². The number of aromatic nitrogens is 1. The number of allylic oxidation sites excluding steroid dienone is 1. The van der Waals surface area contributed by atoms with E-state index in [2.05, 4.69) is 22.0 Å². The average molecular weight is 538 g/mol. The molecule has 0 saturated carbocycles. The molecular weight excluding hydrogens is 510 g/mol. The Balaban J connectivity index is 1.58. The SMILES string of the molecule is CC1=C(C(=O)OC(C)C)[C@H](c2ccc(Cl)cc2)n2c(s/c(=C/c3ccc(N4CCOCC4)cc3)c2=O)=N1. The van der Waals surface area contributed by atoms with Gasteiger partial charge in [-0.2, -0.15) is 0 Å². The zero-order valence-corrected chi connectivity index (χ0v) is 22.5. The third kappa shape index (κ3) is 5.28. The van der Waals surface area contributed by atoms with Crippen LogP contribution in [-0.4, -0.2) is 42.9 Å². The highest BCUT2D eigenvalue weighted by molar-refractivity contribution is 7.07. The highest BCUT2D eigenvalue weighted by Gasteiger charge is 2.33. The third-order valence-electron chi connectivity index (χ3n) is 6.34. The van der Waals surface area contributed by atoms with Crippen LogP contribution in [0.2, 0.25) is 5.02 Å². The number of carbonyl (C=O) groups is 1. The van der Waals surface area contributed by atoms with Gasteiger partial charge in [0.15, 0.2) is 4.80 Å². The number of rotatable bonds is 5. The van der Waals surface area contributed by atoms with Crippen LogP contribution >= 0.6 is 22.9 Å². The highest BCUT2D eigenvalue weighted by Crippen LogP contribution is 2.31. The number of esters is 1. The number of morpholine rings is 1. The van der Waals surface area contributed by atoms with Crippen molar-refractivity contribution in [1.82, 2.24) is 4.57 Å². The van der Waals surface area contributed by atoms with Gasteiger partial charge in [-0.3, -0.25) is 9.36 Å². The highest BCUT2D eigenvalue weighted by atomic mass is 35.5. The number of hydrogen-bond acceptors (Lipinski definition) is 7. The molecule has 2 aliphatic heterocycles. The first kappa shape index (κ1) is 25.4. The number of ether oxygens (including phenoxy) is 2. The number of benzene rings is 2. The largest absolute Gasteiger partial charge is 0.459 e. The smallest absolute Gasteiger partial charge is 0.338 e. The predicted molar refractivity (Wildman–Crippen MR) is 146 cm³/mol. The molecular formula is C28H28ClN3O4S. The van der Waals surface area contributed by atoms with Gasteiger partial charge in [0.2, 0.25) is 0 Å². The van der Waals surface area contributed by atoms with Crippen molar-refractivity contribution in [2.24, 2.45) is 4.99 Å². The molecule has 0 spiro atoms. The van der Waals surface area contributed by atoms with Gasteiger partial charge in [-0.25, -0.2) is 9.79 Å². The summed E-state index contributed by atoms with van der Waals surface area (Å²) in [5.74, 6) is -0.482. The molecule has 1 saturated heterocycles. The molecule has 3 aromatic rings. The molecule has 0 bridgehead atoms. The zero-order valence-electron chi connectivity index (χ0n) is 20.9. The maximum atomic E-state index is 13.7. The quantitative estimate of drug-likeness (QED) is 0.464. The molecule has 3 heterocycles. The van der Waals surface area contributed by atoms with Crippen molar-refractivity contribution >= 4 is 40.7 Å². The van der Waals surface area contributed by atoms with Crippen LogP contribution < -0.4 is 19.8 Å². The van der Waals surface area contributed by atoms with E-state index in [0.717, 1.165) is 43.1 Å².